The fourth-order valence-electron chi connectivity index (χ4n) is 2.76. The molecule has 4 nitrogen and oxygen atoms in total. The molecule has 0 bridgehead atoms. The lowest BCUT2D eigenvalue weighted by molar-refractivity contribution is -0.384. The number of aryl methyl sites for hydroxylation is 1. The highest BCUT2D eigenvalue weighted by Gasteiger charge is 2.32. The number of benzene rings is 1. The van der Waals surface area contributed by atoms with Gasteiger partial charge >= 0.3 is 0 Å². The predicted octanol–water partition coefficient (Wildman–Crippen LogP) is 3.89. The molecule has 0 radical (unpaired) electrons. The number of para-hydroxylation sites is 1. The van der Waals surface area contributed by atoms with Gasteiger partial charge < -0.3 is 5.32 Å². The monoisotopic (exact) mass is 248 g/mol. The van der Waals surface area contributed by atoms with Gasteiger partial charge in [-0.05, 0) is 37.2 Å². The summed E-state index contributed by atoms with van der Waals surface area (Å²) in [6, 6.07) is 5.56. The highest BCUT2D eigenvalue weighted by atomic mass is 16.6. The molecule has 0 heterocycles. The number of rotatable bonds is 3. The Morgan fingerprint density at radius 3 is 2.72 bits per heavy atom. The van der Waals surface area contributed by atoms with Crippen LogP contribution in [0.4, 0.5) is 11.4 Å². The number of anilines is 1. The van der Waals surface area contributed by atoms with E-state index < -0.39 is 0 Å². The maximum Gasteiger partial charge on any atom is 0.292 e. The first-order valence-corrected chi connectivity index (χ1v) is 6.40. The molecule has 1 atom stereocenters. The van der Waals surface area contributed by atoms with E-state index in [2.05, 4.69) is 19.2 Å². The zero-order chi connectivity index (χ0) is 13.3. The van der Waals surface area contributed by atoms with Crippen LogP contribution in [0.2, 0.25) is 0 Å². The van der Waals surface area contributed by atoms with Crippen molar-refractivity contribution >= 4 is 11.4 Å². The minimum atomic E-state index is -0.310. The molecule has 1 aliphatic rings. The molecule has 1 fully saturated rings. The van der Waals surface area contributed by atoms with E-state index in [0.29, 0.717) is 17.1 Å². The Morgan fingerprint density at radius 2 is 2.17 bits per heavy atom. The molecule has 18 heavy (non-hydrogen) atoms. The minimum Gasteiger partial charge on any atom is -0.377 e. The van der Waals surface area contributed by atoms with Gasteiger partial charge in [0.15, 0.2) is 0 Å². The maximum atomic E-state index is 11.0. The number of hydrogen-bond acceptors (Lipinski definition) is 3. The molecule has 0 amide bonds. The third-order valence-electron chi connectivity index (χ3n) is 3.76. The van der Waals surface area contributed by atoms with Gasteiger partial charge in [-0.15, -0.1) is 0 Å². The molecule has 1 aromatic carbocycles. The summed E-state index contributed by atoms with van der Waals surface area (Å²) in [5.74, 6) is 0. The van der Waals surface area contributed by atoms with Crippen molar-refractivity contribution in [2.24, 2.45) is 5.41 Å². The fourth-order valence-corrected chi connectivity index (χ4v) is 2.76. The van der Waals surface area contributed by atoms with Crippen molar-refractivity contribution in [3.8, 4) is 0 Å². The Balaban J connectivity index is 2.21. The van der Waals surface area contributed by atoms with Crippen LogP contribution in [0.5, 0.6) is 0 Å². The average Bonchev–Trinajstić information content (AvgIpc) is 2.61. The maximum absolute atomic E-state index is 11.0. The summed E-state index contributed by atoms with van der Waals surface area (Å²) < 4.78 is 0. The van der Waals surface area contributed by atoms with E-state index in [4.69, 9.17) is 0 Å². The van der Waals surface area contributed by atoms with Crippen molar-refractivity contribution in [1.29, 1.82) is 0 Å². The SMILES string of the molecule is Cc1cccc([N+](=O)[O-])c1NC1CCC(C)(C)C1. The first-order valence-electron chi connectivity index (χ1n) is 6.40. The molecule has 0 saturated heterocycles. The summed E-state index contributed by atoms with van der Waals surface area (Å²) in [5.41, 5.74) is 2.15. The average molecular weight is 248 g/mol. The standard InChI is InChI=1S/C14H20N2O2/c1-10-5-4-6-12(16(17)18)13(10)15-11-7-8-14(2,3)9-11/h4-6,11,15H,7-9H2,1-3H3. The summed E-state index contributed by atoms with van der Waals surface area (Å²) in [4.78, 5) is 10.7. The lowest BCUT2D eigenvalue weighted by Crippen LogP contribution is -2.19. The van der Waals surface area contributed by atoms with Crippen LogP contribution in [-0.2, 0) is 0 Å². The third-order valence-corrected chi connectivity index (χ3v) is 3.76. The van der Waals surface area contributed by atoms with Crippen molar-refractivity contribution in [3.63, 3.8) is 0 Å². The van der Waals surface area contributed by atoms with Gasteiger partial charge in [-0.25, -0.2) is 0 Å². The van der Waals surface area contributed by atoms with Gasteiger partial charge in [0.1, 0.15) is 5.69 Å². The largest absolute Gasteiger partial charge is 0.377 e. The molecule has 2 rings (SSSR count). The van der Waals surface area contributed by atoms with E-state index in [9.17, 15) is 10.1 Å². The summed E-state index contributed by atoms with van der Waals surface area (Å²) in [6.45, 7) is 6.41. The van der Waals surface area contributed by atoms with Crippen molar-refractivity contribution in [3.05, 3.63) is 33.9 Å². The highest BCUT2D eigenvalue weighted by Crippen LogP contribution is 2.39. The van der Waals surface area contributed by atoms with Crippen molar-refractivity contribution < 1.29 is 4.92 Å². The summed E-state index contributed by atoms with van der Waals surface area (Å²) in [7, 11) is 0. The van der Waals surface area contributed by atoms with E-state index in [-0.39, 0.29) is 10.6 Å². The Morgan fingerprint density at radius 1 is 1.44 bits per heavy atom. The summed E-state index contributed by atoms with van der Waals surface area (Å²) in [5, 5.41) is 14.4. The molecule has 0 aliphatic heterocycles. The smallest absolute Gasteiger partial charge is 0.292 e. The second kappa shape index (κ2) is 4.59. The first-order chi connectivity index (χ1) is 8.39. The van der Waals surface area contributed by atoms with Gasteiger partial charge in [0.25, 0.3) is 5.69 Å². The topological polar surface area (TPSA) is 55.2 Å². The quantitative estimate of drug-likeness (QED) is 0.652. The Kier molecular flexibility index (Phi) is 3.28. The normalized spacial score (nSPS) is 21.8. The van der Waals surface area contributed by atoms with E-state index in [0.717, 1.165) is 18.4 Å². The molecule has 98 valence electrons. The number of nitro benzene ring substituents is 1. The second-order valence-electron chi connectivity index (χ2n) is 5.97. The molecular formula is C14H20N2O2. The second-order valence-corrected chi connectivity index (χ2v) is 5.97. The Labute approximate surface area is 108 Å². The molecule has 1 saturated carbocycles. The Bertz CT molecular complexity index is 469. The van der Waals surface area contributed by atoms with Gasteiger partial charge in [0.2, 0.25) is 0 Å². The van der Waals surface area contributed by atoms with Crippen LogP contribution in [0.25, 0.3) is 0 Å². The molecule has 0 aromatic heterocycles. The first kappa shape index (κ1) is 12.9. The molecule has 4 heteroatoms. The van der Waals surface area contributed by atoms with Crippen LogP contribution in [0.1, 0.15) is 38.7 Å². The number of nitrogens with one attached hydrogen (secondary N) is 1. The molecule has 1 unspecified atom stereocenters. The van der Waals surface area contributed by atoms with Gasteiger partial charge in [-0.2, -0.15) is 0 Å². The van der Waals surface area contributed by atoms with Crippen molar-refractivity contribution in [2.45, 2.75) is 46.1 Å². The lowest BCUT2D eigenvalue weighted by atomic mass is 9.92. The number of nitrogens with zero attached hydrogens (tertiary/aromatic N) is 1. The number of hydrogen-bond donors (Lipinski definition) is 1. The van der Waals surface area contributed by atoms with E-state index in [1.165, 1.54) is 6.42 Å². The van der Waals surface area contributed by atoms with Crippen molar-refractivity contribution in [2.75, 3.05) is 5.32 Å². The molecule has 1 N–H and O–H groups in total. The van der Waals surface area contributed by atoms with E-state index in [1.54, 1.807) is 12.1 Å². The summed E-state index contributed by atoms with van der Waals surface area (Å²) in [6.07, 6.45) is 3.32. The summed E-state index contributed by atoms with van der Waals surface area (Å²) >= 11 is 0. The third kappa shape index (κ3) is 2.63. The predicted molar refractivity (Wildman–Crippen MR) is 72.9 cm³/mol. The van der Waals surface area contributed by atoms with Crippen molar-refractivity contribution in [1.82, 2.24) is 0 Å². The molecular weight excluding hydrogens is 228 g/mol. The zero-order valence-electron chi connectivity index (χ0n) is 11.2. The fraction of sp³-hybridized carbons (Fsp3) is 0.571. The van der Waals surface area contributed by atoms with Crippen LogP contribution >= 0.6 is 0 Å². The van der Waals surface area contributed by atoms with Gasteiger partial charge in [-0.1, -0.05) is 26.0 Å². The van der Waals surface area contributed by atoms with Crippen LogP contribution < -0.4 is 5.32 Å². The minimum absolute atomic E-state index is 0.180. The zero-order valence-corrected chi connectivity index (χ0v) is 11.2. The van der Waals surface area contributed by atoms with Gasteiger partial charge in [0, 0.05) is 12.1 Å². The van der Waals surface area contributed by atoms with E-state index in [1.807, 2.05) is 13.0 Å². The Hall–Kier alpha value is -1.58. The molecule has 0 spiro atoms. The highest BCUT2D eigenvalue weighted by molar-refractivity contribution is 5.66. The van der Waals surface area contributed by atoms with Crippen LogP contribution in [-0.4, -0.2) is 11.0 Å². The van der Waals surface area contributed by atoms with Crippen LogP contribution in [0.3, 0.4) is 0 Å². The van der Waals surface area contributed by atoms with Crippen LogP contribution in [0.15, 0.2) is 18.2 Å². The number of nitro groups is 1. The lowest BCUT2D eigenvalue weighted by Gasteiger charge is -2.19. The molecule has 1 aliphatic carbocycles. The van der Waals surface area contributed by atoms with Crippen LogP contribution in [0, 0.1) is 22.5 Å². The van der Waals surface area contributed by atoms with Gasteiger partial charge in [-0.3, -0.25) is 10.1 Å². The van der Waals surface area contributed by atoms with Gasteiger partial charge in [0.05, 0.1) is 4.92 Å². The molecule has 1 aromatic rings. The van der Waals surface area contributed by atoms with E-state index >= 15 is 0 Å².